The fourth-order valence-corrected chi connectivity index (χ4v) is 3.10. The van der Waals surface area contributed by atoms with Crippen LogP contribution in [0.4, 0.5) is 5.69 Å². The molecule has 20 heavy (non-hydrogen) atoms. The van der Waals surface area contributed by atoms with Crippen LogP contribution in [0.15, 0.2) is 28.5 Å². The maximum Gasteiger partial charge on any atom is 0.291 e. The number of nitrogens with one attached hydrogen (secondary N) is 1. The van der Waals surface area contributed by atoms with E-state index in [9.17, 15) is 4.79 Å². The molecule has 6 heteroatoms. The van der Waals surface area contributed by atoms with Crippen LogP contribution in [0.1, 0.15) is 24.1 Å². The lowest BCUT2D eigenvalue weighted by molar-refractivity contribution is 0.262. The molecule has 0 aliphatic heterocycles. The number of hydrogen-bond donors (Lipinski definition) is 1. The quantitative estimate of drug-likeness (QED) is 0.921. The average molecular weight is 310 g/mol. The summed E-state index contributed by atoms with van der Waals surface area (Å²) in [4.78, 5) is 13.6. The summed E-state index contributed by atoms with van der Waals surface area (Å²) in [5.74, 6) is 0.589. The van der Waals surface area contributed by atoms with Gasteiger partial charge in [-0.25, -0.2) is 4.68 Å². The first-order valence-corrected chi connectivity index (χ1v) is 8.01. The van der Waals surface area contributed by atoms with Gasteiger partial charge in [-0.2, -0.15) is 5.10 Å². The average Bonchev–Trinajstić information content (AvgIpc) is 2.89. The molecule has 0 spiro atoms. The molecule has 3 rings (SSSR count). The first-order valence-electron chi connectivity index (χ1n) is 6.76. The van der Waals surface area contributed by atoms with Crippen molar-refractivity contribution in [2.75, 3.05) is 5.32 Å². The van der Waals surface area contributed by atoms with Crippen LogP contribution in [0.2, 0.25) is 5.02 Å². The van der Waals surface area contributed by atoms with Crippen LogP contribution in [0, 0.1) is 5.92 Å². The van der Waals surface area contributed by atoms with Crippen molar-refractivity contribution in [3.05, 3.63) is 44.0 Å². The predicted octanol–water partition coefficient (Wildman–Crippen LogP) is 3.37. The van der Waals surface area contributed by atoms with Gasteiger partial charge in [0.1, 0.15) is 5.69 Å². The molecule has 0 amide bonds. The maximum absolute atomic E-state index is 12.4. The molecule has 1 saturated carbocycles. The van der Waals surface area contributed by atoms with Crippen LogP contribution in [-0.4, -0.2) is 9.78 Å². The summed E-state index contributed by atoms with van der Waals surface area (Å²) in [6.07, 6.45) is 5.19. The molecular weight excluding hydrogens is 294 g/mol. The Kier molecular flexibility index (Phi) is 4.08. The van der Waals surface area contributed by atoms with Crippen molar-refractivity contribution in [1.29, 1.82) is 0 Å². The summed E-state index contributed by atoms with van der Waals surface area (Å²) in [5.41, 5.74) is 0.329. The fraction of sp³-hybridized carbons (Fsp3) is 0.429. The van der Waals surface area contributed by atoms with Crippen molar-refractivity contribution in [1.82, 2.24) is 9.78 Å². The molecule has 0 unspecified atom stereocenters. The second-order valence-electron chi connectivity index (χ2n) is 5.08. The van der Waals surface area contributed by atoms with Gasteiger partial charge < -0.3 is 5.32 Å². The maximum atomic E-state index is 12.4. The van der Waals surface area contributed by atoms with E-state index in [4.69, 9.17) is 11.6 Å². The van der Waals surface area contributed by atoms with Crippen LogP contribution in [0.3, 0.4) is 0 Å². The number of rotatable bonds is 5. The molecule has 0 aromatic carbocycles. The van der Waals surface area contributed by atoms with Gasteiger partial charge in [-0.05, 0) is 30.2 Å². The van der Waals surface area contributed by atoms with Crippen LogP contribution < -0.4 is 10.9 Å². The number of aromatic nitrogens is 2. The van der Waals surface area contributed by atoms with Crippen LogP contribution >= 0.6 is 22.9 Å². The minimum Gasteiger partial charge on any atom is -0.374 e. The Morgan fingerprint density at radius 1 is 1.50 bits per heavy atom. The van der Waals surface area contributed by atoms with E-state index < -0.39 is 0 Å². The highest BCUT2D eigenvalue weighted by Gasteiger charge is 2.20. The minimum atomic E-state index is -0.124. The Morgan fingerprint density at radius 2 is 2.35 bits per heavy atom. The van der Waals surface area contributed by atoms with Crippen molar-refractivity contribution in [2.24, 2.45) is 5.92 Å². The van der Waals surface area contributed by atoms with E-state index in [1.54, 1.807) is 17.5 Å². The molecule has 0 atom stereocenters. The molecule has 2 heterocycles. The molecule has 1 N–H and O–H groups in total. The largest absolute Gasteiger partial charge is 0.374 e. The second kappa shape index (κ2) is 5.97. The molecule has 2 aromatic rings. The highest BCUT2D eigenvalue weighted by atomic mass is 35.5. The summed E-state index contributed by atoms with van der Waals surface area (Å²) < 4.78 is 1.53. The van der Waals surface area contributed by atoms with E-state index in [0.717, 1.165) is 0 Å². The molecule has 4 nitrogen and oxygen atoms in total. The third-order valence-electron chi connectivity index (χ3n) is 3.67. The van der Waals surface area contributed by atoms with Crippen LogP contribution in [0.5, 0.6) is 0 Å². The molecule has 0 saturated heterocycles. The third-order valence-corrected chi connectivity index (χ3v) is 4.84. The first-order chi connectivity index (χ1) is 9.74. The topological polar surface area (TPSA) is 46.9 Å². The van der Waals surface area contributed by atoms with E-state index in [1.165, 1.54) is 28.8 Å². The Morgan fingerprint density at radius 3 is 3.00 bits per heavy atom. The SMILES string of the molecule is O=c1c(NCc2cccs2)c(Cl)cnn1CC1CCC1. The van der Waals surface area contributed by atoms with Gasteiger partial charge in [0, 0.05) is 18.0 Å². The second-order valence-corrected chi connectivity index (χ2v) is 6.52. The Balaban J connectivity index is 1.77. The Bertz CT molecular complexity index is 634. The number of nitrogens with zero attached hydrogens (tertiary/aromatic N) is 2. The number of thiophene rings is 1. The van der Waals surface area contributed by atoms with Crippen molar-refractivity contribution in [3.8, 4) is 0 Å². The van der Waals surface area contributed by atoms with E-state index >= 15 is 0 Å². The fourth-order valence-electron chi connectivity index (χ4n) is 2.27. The van der Waals surface area contributed by atoms with Crippen molar-refractivity contribution in [3.63, 3.8) is 0 Å². The van der Waals surface area contributed by atoms with Gasteiger partial charge in [0.2, 0.25) is 0 Å². The van der Waals surface area contributed by atoms with Gasteiger partial charge in [0.15, 0.2) is 0 Å². The molecule has 1 aliphatic rings. The van der Waals surface area contributed by atoms with Gasteiger partial charge in [-0.1, -0.05) is 24.1 Å². The molecule has 1 fully saturated rings. The molecule has 106 valence electrons. The van der Waals surface area contributed by atoms with Gasteiger partial charge >= 0.3 is 0 Å². The third kappa shape index (κ3) is 2.88. The molecule has 0 bridgehead atoms. The van der Waals surface area contributed by atoms with E-state index in [2.05, 4.69) is 10.4 Å². The number of halogens is 1. The minimum absolute atomic E-state index is 0.124. The predicted molar refractivity (Wildman–Crippen MR) is 82.5 cm³/mol. The standard InChI is InChI=1S/C14H16ClN3OS/c15-12-8-17-18(9-10-3-1-4-10)14(19)13(12)16-7-11-5-2-6-20-11/h2,5-6,8,10,16H,1,3-4,7,9H2. The van der Waals surface area contributed by atoms with E-state index in [1.807, 2.05) is 17.5 Å². The zero-order valence-electron chi connectivity index (χ0n) is 11.0. The normalized spacial score (nSPS) is 15.1. The Labute approximate surface area is 126 Å². The smallest absolute Gasteiger partial charge is 0.291 e. The number of anilines is 1. The van der Waals surface area contributed by atoms with Gasteiger partial charge in [-0.15, -0.1) is 11.3 Å². The van der Waals surface area contributed by atoms with Crippen LogP contribution in [0.25, 0.3) is 0 Å². The summed E-state index contributed by atoms with van der Waals surface area (Å²) in [6.45, 7) is 1.31. The monoisotopic (exact) mass is 309 g/mol. The van der Waals surface area contributed by atoms with Crippen molar-refractivity contribution < 1.29 is 0 Å². The molecular formula is C14H16ClN3OS. The van der Waals surface area contributed by atoms with Gasteiger partial charge in [0.05, 0.1) is 11.2 Å². The molecule has 2 aromatic heterocycles. The summed E-state index contributed by atoms with van der Waals surface area (Å²) >= 11 is 7.74. The highest BCUT2D eigenvalue weighted by Crippen LogP contribution is 2.27. The Hall–Kier alpha value is -1.33. The summed E-state index contributed by atoms with van der Waals surface area (Å²) in [7, 11) is 0. The van der Waals surface area contributed by atoms with Gasteiger partial charge in [0.25, 0.3) is 5.56 Å². The van der Waals surface area contributed by atoms with Crippen molar-refractivity contribution >= 4 is 28.6 Å². The van der Waals surface area contributed by atoms with E-state index in [0.29, 0.717) is 29.7 Å². The zero-order valence-corrected chi connectivity index (χ0v) is 12.6. The first kappa shape index (κ1) is 13.6. The lowest BCUT2D eigenvalue weighted by Crippen LogP contribution is -2.30. The van der Waals surface area contributed by atoms with Gasteiger partial charge in [-0.3, -0.25) is 4.79 Å². The summed E-state index contributed by atoms with van der Waals surface area (Å²) in [5, 5.41) is 9.68. The lowest BCUT2D eigenvalue weighted by atomic mass is 9.85. The van der Waals surface area contributed by atoms with E-state index in [-0.39, 0.29) is 5.56 Å². The summed E-state index contributed by atoms with van der Waals surface area (Å²) in [6, 6.07) is 4.02. The van der Waals surface area contributed by atoms with Crippen molar-refractivity contribution in [2.45, 2.75) is 32.4 Å². The number of hydrogen-bond acceptors (Lipinski definition) is 4. The zero-order chi connectivity index (χ0) is 13.9. The molecule has 1 aliphatic carbocycles. The van der Waals surface area contributed by atoms with Crippen LogP contribution in [-0.2, 0) is 13.1 Å². The molecule has 0 radical (unpaired) electrons. The lowest BCUT2D eigenvalue weighted by Gasteiger charge is -2.25. The highest BCUT2D eigenvalue weighted by molar-refractivity contribution is 7.09.